The summed E-state index contributed by atoms with van der Waals surface area (Å²) >= 11 is 6.15. The van der Waals surface area contributed by atoms with E-state index in [-0.39, 0.29) is 17.9 Å². The molecule has 1 aromatic rings. The van der Waals surface area contributed by atoms with Crippen LogP contribution in [0.15, 0.2) is 18.2 Å². The molecule has 0 aliphatic rings. The normalized spacial score (nSPS) is 12.3. The Morgan fingerprint density at radius 1 is 1.37 bits per heavy atom. The monoisotopic (exact) mass is 285 g/mol. The standard InChI is InChI=1S/C14H20ClNO3/c1-9(2)13(14(17)19-4)16-8-10-11(15)6-5-7-12(10)18-3/h5-7,9,13,16H,8H2,1-4H3. The van der Waals surface area contributed by atoms with Crippen molar-refractivity contribution in [2.75, 3.05) is 14.2 Å². The molecule has 0 saturated heterocycles. The molecule has 1 N–H and O–H groups in total. The van der Waals surface area contributed by atoms with Crippen LogP contribution in [0.25, 0.3) is 0 Å². The fraction of sp³-hybridized carbons (Fsp3) is 0.500. The lowest BCUT2D eigenvalue weighted by Gasteiger charge is -2.21. The predicted octanol–water partition coefficient (Wildman–Crippen LogP) is 2.64. The highest BCUT2D eigenvalue weighted by atomic mass is 35.5. The van der Waals surface area contributed by atoms with Crippen molar-refractivity contribution in [3.63, 3.8) is 0 Å². The molecular formula is C14H20ClNO3. The number of halogens is 1. The fourth-order valence-electron chi connectivity index (χ4n) is 1.83. The fourth-order valence-corrected chi connectivity index (χ4v) is 2.06. The van der Waals surface area contributed by atoms with Crippen LogP contribution >= 0.6 is 11.6 Å². The maximum atomic E-state index is 11.7. The number of rotatable bonds is 6. The molecule has 0 spiro atoms. The van der Waals surface area contributed by atoms with Crippen molar-refractivity contribution in [1.82, 2.24) is 5.32 Å². The largest absolute Gasteiger partial charge is 0.496 e. The summed E-state index contributed by atoms with van der Waals surface area (Å²) in [7, 11) is 2.98. The average molecular weight is 286 g/mol. The molecule has 1 atom stereocenters. The van der Waals surface area contributed by atoms with Crippen molar-refractivity contribution in [3.8, 4) is 5.75 Å². The molecule has 0 amide bonds. The molecular weight excluding hydrogens is 266 g/mol. The molecule has 0 aliphatic carbocycles. The van der Waals surface area contributed by atoms with E-state index >= 15 is 0 Å². The van der Waals surface area contributed by atoms with Gasteiger partial charge in [-0.1, -0.05) is 31.5 Å². The minimum atomic E-state index is -0.369. The Kier molecular flexibility index (Phi) is 6.12. The SMILES string of the molecule is COC(=O)C(NCc1c(Cl)cccc1OC)C(C)C. The van der Waals surface area contributed by atoms with Gasteiger partial charge in [0.25, 0.3) is 0 Å². The average Bonchev–Trinajstić information content (AvgIpc) is 2.39. The molecule has 0 aromatic heterocycles. The van der Waals surface area contributed by atoms with Gasteiger partial charge >= 0.3 is 5.97 Å². The van der Waals surface area contributed by atoms with Crippen LogP contribution in [-0.2, 0) is 16.1 Å². The van der Waals surface area contributed by atoms with Gasteiger partial charge in [-0.15, -0.1) is 0 Å². The highest BCUT2D eigenvalue weighted by Crippen LogP contribution is 2.26. The van der Waals surface area contributed by atoms with Gasteiger partial charge in [-0.25, -0.2) is 0 Å². The third-order valence-corrected chi connectivity index (χ3v) is 3.27. The van der Waals surface area contributed by atoms with Crippen LogP contribution in [0, 0.1) is 5.92 Å². The van der Waals surface area contributed by atoms with E-state index in [0.29, 0.717) is 17.3 Å². The van der Waals surface area contributed by atoms with Gasteiger partial charge in [0, 0.05) is 17.1 Å². The van der Waals surface area contributed by atoms with E-state index in [9.17, 15) is 4.79 Å². The summed E-state index contributed by atoms with van der Waals surface area (Å²) in [6, 6.07) is 5.09. The Labute approximate surface area is 119 Å². The Bertz CT molecular complexity index is 435. The minimum Gasteiger partial charge on any atom is -0.496 e. The van der Waals surface area contributed by atoms with Gasteiger partial charge in [0.15, 0.2) is 0 Å². The number of esters is 1. The summed E-state index contributed by atoms with van der Waals surface area (Å²) in [5.74, 6) is 0.550. The number of hydrogen-bond acceptors (Lipinski definition) is 4. The number of benzene rings is 1. The number of methoxy groups -OCH3 is 2. The van der Waals surface area contributed by atoms with Crippen LogP contribution in [0.3, 0.4) is 0 Å². The lowest BCUT2D eigenvalue weighted by atomic mass is 10.0. The molecule has 0 saturated carbocycles. The number of ether oxygens (including phenoxy) is 2. The molecule has 4 nitrogen and oxygen atoms in total. The summed E-state index contributed by atoms with van der Waals surface area (Å²) in [6.07, 6.45) is 0. The second-order valence-electron chi connectivity index (χ2n) is 4.55. The molecule has 1 aromatic carbocycles. The molecule has 19 heavy (non-hydrogen) atoms. The molecule has 106 valence electrons. The maximum Gasteiger partial charge on any atom is 0.323 e. The summed E-state index contributed by atoms with van der Waals surface area (Å²) in [6.45, 7) is 4.36. The first-order valence-corrected chi connectivity index (χ1v) is 6.51. The molecule has 0 bridgehead atoms. The van der Waals surface area contributed by atoms with E-state index < -0.39 is 0 Å². The highest BCUT2D eigenvalue weighted by Gasteiger charge is 2.23. The van der Waals surface area contributed by atoms with Gasteiger partial charge < -0.3 is 9.47 Å². The first-order chi connectivity index (χ1) is 9.01. The van der Waals surface area contributed by atoms with E-state index in [1.807, 2.05) is 26.0 Å². The first-order valence-electron chi connectivity index (χ1n) is 6.13. The molecule has 1 unspecified atom stereocenters. The third-order valence-electron chi connectivity index (χ3n) is 2.92. The molecule has 5 heteroatoms. The van der Waals surface area contributed by atoms with E-state index in [4.69, 9.17) is 21.1 Å². The van der Waals surface area contributed by atoms with Crippen molar-refractivity contribution in [1.29, 1.82) is 0 Å². The van der Waals surface area contributed by atoms with Crippen molar-refractivity contribution >= 4 is 17.6 Å². The maximum absolute atomic E-state index is 11.7. The van der Waals surface area contributed by atoms with Crippen molar-refractivity contribution in [2.24, 2.45) is 5.92 Å². The van der Waals surface area contributed by atoms with Crippen molar-refractivity contribution in [3.05, 3.63) is 28.8 Å². The lowest BCUT2D eigenvalue weighted by molar-refractivity contribution is -0.144. The van der Waals surface area contributed by atoms with E-state index in [1.54, 1.807) is 13.2 Å². The Morgan fingerprint density at radius 2 is 2.05 bits per heavy atom. The Morgan fingerprint density at radius 3 is 2.58 bits per heavy atom. The number of carbonyl (C=O) groups excluding carboxylic acids is 1. The van der Waals surface area contributed by atoms with Gasteiger partial charge in [-0.05, 0) is 18.1 Å². The molecule has 0 heterocycles. The van der Waals surface area contributed by atoms with Crippen LogP contribution in [0.5, 0.6) is 5.75 Å². The van der Waals surface area contributed by atoms with Crippen LogP contribution in [-0.4, -0.2) is 26.2 Å². The highest BCUT2D eigenvalue weighted by molar-refractivity contribution is 6.31. The van der Waals surface area contributed by atoms with Gasteiger partial charge in [-0.3, -0.25) is 10.1 Å². The molecule has 0 fully saturated rings. The zero-order valence-electron chi connectivity index (χ0n) is 11.7. The van der Waals surface area contributed by atoms with Crippen molar-refractivity contribution in [2.45, 2.75) is 26.4 Å². The predicted molar refractivity (Wildman–Crippen MR) is 75.5 cm³/mol. The number of carbonyl (C=O) groups is 1. The van der Waals surface area contributed by atoms with Crippen molar-refractivity contribution < 1.29 is 14.3 Å². The summed E-state index contributed by atoms with van der Waals surface area (Å²) in [5.41, 5.74) is 0.834. The zero-order chi connectivity index (χ0) is 14.4. The Hall–Kier alpha value is -1.26. The second kappa shape index (κ2) is 7.36. The quantitative estimate of drug-likeness (QED) is 0.816. The summed E-state index contributed by atoms with van der Waals surface area (Å²) in [4.78, 5) is 11.7. The lowest BCUT2D eigenvalue weighted by Crippen LogP contribution is -2.41. The van der Waals surface area contributed by atoms with E-state index in [0.717, 1.165) is 5.56 Å². The summed E-state index contributed by atoms with van der Waals surface area (Å²) < 4.78 is 10.0. The molecule has 1 rings (SSSR count). The zero-order valence-corrected chi connectivity index (χ0v) is 12.5. The molecule has 0 aliphatic heterocycles. The topological polar surface area (TPSA) is 47.6 Å². The van der Waals surface area contributed by atoms with Crippen LogP contribution in [0.4, 0.5) is 0 Å². The van der Waals surface area contributed by atoms with Gasteiger partial charge in [0.05, 0.1) is 14.2 Å². The Balaban J connectivity index is 2.82. The van der Waals surface area contributed by atoms with Crippen LogP contribution in [0.1, 0.15) is 19.4 Å². The van der Waals surface area contributed by atoms with Gasteiger partial charge in [-0.2, -0.15) is 0 Å². The van der Waals surface area contributed by atoms with E-state index in [1.165, 1.54) is 7.11 Å². The van der Waals surface area contributed by atoms with Crippen LogP contribution < -0.4 is 10.1 Å². The first kappa shape index (κ1) is 15.8. The van der Waals surface area contributed by atoms with Gasteiger partial charge in [0.1, 0.15) is 11.8 Å². The second-order valence-corrected chi connectivity index (χ2v) is 4.95. The van der Waals surface area contributed by atoms with E-state index in [2.05, 4.69) is 5.32 Å². The molecule has 0 radical (unpaired) electrons. The number of nitrogens with one attached hydrogen (secondary N) is 1. The van der Waals surface area contributed by atoms with Gasteiger partial charge in [0.2, 0.25) is 0 Å². The number of hydrogen-bond donors (Lipinski definition) is 1. The third kappa shape index (κ3) is 4.11. The van der Waals surface area contributed by atoms with Crippen LogP contribution in [0.2, 0.25) is 5.02 Å². The smallest absolute Gasteiger partial charge is 0.323 e. The summed E-state index contributed by atoms with van der Waals surface area (Å²) in [5, 5.41) is 3.77. The minimum absolute atomic E-state index is 0.126.